The lowest BCUT2D eigenvalue weighted by atomic mass is 9.85. The normalized spacial score (nSPS) is 17.6. The molecule has 1 aliphatic heterocycles. The molecule has 2 aromatic carbocycles. The molecule has 0 amide bonds. The van der Waals surface area contributed by atoms with Crippen molar-refractivity contribution in [3.63, 3.8) is 0 Å². The van der Waals surface area contributed by atoms with Gasteiger partial charge < -0.3 is 0 Å². The first kappa shape index (κ1) is 20.2. The number of halogens is 2. The van der Waals surface area contributed by atoms with Gasteiger partial charge in [-0.25, -0.2) is 4.99 Å². The fourth-order valence-corrected chi connectivity index (χ4v) is 6.69. The van der Waals surface area contributed by atoms with E-state index in [1.165, 1.54) is 28.0 Å². The minimum absolute atomic E-state index is 0.0476. The Morgan fingerprint density at radius 3 is 2.75 bits per heavy atom. The zero-order chi connectivity index (χ0) is 21.8. The van der Waals surface area contributed by atoms with Crippen LogP contribution in [0.1, 0.15) is 34.0 Å². The molecule has 0 unspecified atom stereocenters. The maximum absolute atomic E-state index is 13.6. The summed E-state index contributed by atoms with van der Waals surface area (Å²) in [7, 11) is 0. The molecule has 0 saturated carbocycles. The zero-order valence-corrected chi connectivity index (χ0v) is 19.9. The van der Waals surface area contributed by atoms with Gasteiger partial charge in [-0.1, -0.05) is 77.0 Å². The molecule has 0 radical (unpaired) electrons. The van der Waals surface area contributed by atoms with Crippen LogP contribution < -0.4 is 14.9 Å². The van der Waals surface area contributed by atoms with Gasteiger partial charge in [0.25, 0.3) is 5.56 Å². The maximum Gasteiger partial charge on any atom is 0.271 e. The second-order valence-corrected chi connectivity index (χ2v) is 10.5. The molecule has 0 saturated heterocycles. The molecule has 32 heavy (non-hydrogen) atoms. The third-order valence-electron chi connectivity index (χ3n) is 5.95. The van der Waals surface area contributed by atoms with Crippen LogP contribution in [0.3, 0.4) is 0 Å². The van der Waals surface area contributed by atoms with Crippen LogP contribution in [0, 0.1) is 0 Å². The number of nitrogens with zero attached hydrogens (tertiary/aromatic N) is 2. The Hall–Kier alpha value is -2.44. The number of aryl methyl sites for hydroxylation is 1. The van der Waals surface area contributed by atoms with E-state index in [-0.39, 0.29) is 11.6 Å². The van der Waals surface area contributed by atoms with E-state index in [9.17, 15) is 4.79 Å². The number of allylic oxidation sites excluding steroid dienone is 1. The number of hydrogen-bond acceptors (Lipinski definition) is 4. The average Bonchev–Trinajstić information content (AvgIpc) is 3.44. The molecule has 158 valence electrons. The van der Waals surface area contributed by atoms with Crippen LogP contribution >= 0.6 is 45.9 Å². The SMILES string of the molecule is O=c1/c(=C\c2cccc(Cl)c2Cl)sc2n1[C@H](c1cccs1)C1=C(N=2)c2ccccc2CC1. The number of benzene rings is 2. The van der Waals surface area contributed by atoms with E-state index in [1.54, 1.807) is 17.4 Å². The van der Waals surface area contributed by atoms with Gasteiger partial charge in [0.15, 0.2) is 4.80 Å². The second-order valence-electron chi connectivity index (χ2n) is 7.77. The van der Waals surface area contributed by atoms with Gasteiger partial charge in [-0.05, 0) is 53.1 Å². The van der Waals surface area contributed by atoms with E-state index in [2.05, 4.69) is 35.7 Å². The van der Waals surface area contributed by atoms with Crippen molar-refractivity contribution in [1.29, 1.82) is 0 Å². The van der Waals surface area contributed by atoms with Crippen molar-refractivity contribution in [1.82, 2.24) is 4.57 Å². The Morgan fingerprint density at radius 2 is 1.91 bits per heavy atom. The van der Waals surface area contributed by atoms with Crippen molar-refractivity contribution >= 4 is 57.6 Å². The largest absolute Gasteiger partial charge is 0.271 e. The number of aromatic nitrogens is 1. The van der Waals surface area contributed by atoms with Gasteiger partial charge in [-0.2, -0.15) is 0 Å². The second kappa shape index (κ2) is 7.85. The van der Waals surface area contributed by atoms with Crippen molar-refractivity contribution in [3.05, 3.63) is 117 Å². The molecule has 1 atom stereocenters. The Labute approximate surface area is 202 Å². The van der Waals surface area contributed by atoms with E-state index in [0.717, 1.165) is 29.0 Å². The van der Waals surface area contributed by atoms with E-state index in [4.69, 9.17) is 28.2 Å². The van der Waals surface area contributed by atoms with Crippen LogP contribution in [0.15, 0.2) is 75.3 Å². The molecule has 2 aliphatic rings. The van der Waals surface area contributed by atoms with E-state index >= 15 is 0 Å². The lowest BCUT2D eigenvalue weighted by molar-refractivity contribution is 0.593. The molecule has 0 N–H and O–H groups in total. The monoisotopic (exact) mass is 494 g/mol. The average molecular weight is 495 g/mol. The lowest BCUT2D eigenvalue weighted by Crippen LogP contribution is -2.38. The molecule has 1 aliphatic carbocycles. The molecule has 3 heterocycles. The van der Waals surface area contributed by atoms with Crippen molar-refractivity contribution < 1.29 is 0 Å². The first-order valence-electron chi connectivity index (χ1n) is 10.2. The topological polar surface area (TPSA) is 34.4 Å². The highest BCUT2D eigenvalue weighted by molar-refractivity contribution is 7.10. The van der Waals surface area contributed by atoms with E-state index < -0.39 is 0 Å². The molecule has 2 aromatic heterocycles. The molecular weight excluding hydrogens is 479 g/mol. The summed E-state index contributed by atoms with van der Waals surface area (Å²) in [4.78, 5) is 20.5. The summed E-state index contributed by atoms with van der Waals surface area (Å²) >= 11 is 15.7. The van der Waals surface area contributed by atoms with Gasteiger partial charge in [0, 0.05) is 10.4 Å². The Kier molecular flexibility index (Phi) is 4.95. The van der Waals surface area contributed by atoms with Crippen LogP contribution in [0.2, 0.25) is 10.0 Å². The maximum atomic E-state index is 13.6. The fraction of sp³-hybridized carbons (Fsp3) is 0.120. The molecule has 0 spiro atoms. The van der Waals surface area contributed by atoms with Crippen LogP contribution in [0.5, 0.6) is 0 Å². The van der Waals surface area contributed by atoms with Crippen molar-refractivity contribution in [2.75, 3.05) is 0 Å². The van der Waals surface area contributed by atoms with E-state index in [0.29, 0.717) is 19.4 Å². The van der Waals surface area contributed by atoms with Crippen LogP contribution in [-0.2, 0) is 6.42 Å². The van der Waals surface area contributed by atoms with Crippen LogP contribution in [0.25, 0.3) is 11.8 Å². The standard InChI is InChI=1S/C25H16Cl2N2OS2/c26-18-8-3-6-15(21(18)27)13-20-24(30)29-23(19-9-4-12-31-19)17-11-10-14-5-1-2-7-16(14)22(17)28-25(29)32-20/h1-9,12-13,23H,10-11H2/b20-13+/t23-/m0/s1. The summed E-state index contributed by atoms with van der Waals surface area (Å²) < 4.78 is 2.45. The van der Waals surface area contributed by atoms with Gasteiger partial charge in [0.05, 0.1) is 26.3 Å². The molecule has 7 heteroatoms. The highest BCUT2D eigenvalue weighted by Crippen LogP contribution is 2.42. The third kappa shape index (κ3) is 3.15. The quantitative estimate of drug-likeness (QED) is 0.352. The van der Waals surface area contributed by atoms with Gasteiger partial charge in [0.2, 0.25) is 0 Å². The summed E-state index contributed by atoms with van der Waals surface area (Å²) in [5.74, 6) is 0. The predicted octanol–water partition coefficient (Wildman–Crippen LogP) is 5.69. The molecular formula is C25H16Cl2N2OS2. The molecule has 0 fully saturated rings. The number of thiazole rings is 1. The minimum atomic E-state index is -0.133. The molecule has 0 bridgehead atoms. The first-order chi connectivity index (χ1) is 15.6. The number of thiophene rings is 1. The summed E-state index contributed by atoms with van der Waals surface area (Å²) in [5.41, 5.74) is 5.39. The highest BCUT2D eigenvalue weighted by atomic mass is 35.5. The van der Waals surface area contributed by atoms with Crippen LogP contribution in [-0.4, -0.2) is 4.57 Å². The van der Waals surface area contributed by atoms with E-state index in [1.807, 2.05) is 28.8 Å². The van der Waals surface area contributed by atoms with Crippen molar-refractivity contribution in [2.24, 2.45) is 4.99 Å². The van der Waals surface area contributed by atoms with Gasteiger partial charge in [-0.3, -0.25) is 9.36 Å². The Balaban J connectivity index is 1.63. The lowest BCUT2D eigenvalue weighted by Gasteiger charge is -2.30. The zero-order valence-electron chi connectivity index (χ0n) is 16.7. The summed E-state index contributed by atoms with van der Waals surface area (Å²) in [6, 6.07) is 17.9. The molecule has 3 nitrogen and oxygen atoms in total. The smallest absolute Gasteiger partial charge is 0.271 e. The Bertz CT molecular complexity index is 1580. The summed E-state index contributed by atoms with van der Waals surface area (Å²) in [6.45, 7) is 0. The molecule has 4 aromatic rings. The fourth-order valence-electron chi connectivity index (χ4n) is 4.49. The number of rotatable bonds is 2. The highest BCUT2D eigenvalue weighted by Gasteiger charge is 2.32. The molecule has 6 rings (SSSR count). The number of fused-ring (bicyclic) bond motifs is 3. The van der Waals surface area contributed by atoms with Crippen molar-refractivity contribution in [3.8, 4) is 0 Å². The summed E-state index contributed by atoms with van der Waals surface area (Å²) in [5, 5.41) is 2.98. The van der Waals surface area contributed by atoms with Gasteiger partial charge in [0.1, 0.15) is 0 Å². The minimum Gasteiger partial charge on any atom is -0.271 e. The van der Waals surface area contributed by atoms with Crippen molar-refractivity contribution in [2.45, 2.75) is 18.9 Å². The number of hydrogen-bond donors (Lipinski definition) is 0. The summed E-state index contributed by atoms with van der Waals surface area (Å²) in [6.07, 6.45) is 3.66. The van der Waals surface area contributed by atoms with Gasteiger partial charge in [-0.15, -0.1) is 11.3 Å². The predicted molar refractivity (Wildman–Crippen MR) is 134 cm³/mol. The van der Waals surface area contributed by atoms with Gasteiger partial charge >= 0.3 is 0 Å². The Morgan fingerprint density at radius 1 is 1.03 bits per heavy atom. The van der Waals surface area contributed by atoms with Crippen LogP contribution in [0.4, 0.5) is 0 Å². The first-order valence-corrected chi connectivity index (χ1v) is 12.7. The third-order valence-corrected chi connectivity index (χ3v) is 8.69.